The van der Waals surface area contributed by atoms with Crippen LogP contribution < -0.4 is 4.74 Å². The lowest BCUT2D eigenvalue weighted by atomic mass is 10.2. The van der Waals surface area contributed by atoms with E-state index in [4.69, 9.17) is 9.26 Å². The first-order valence-electron chi connectivity index (χ1n) is 7.50. The van der Waals surface area contributed by atoms with Crippen LogP contribution in [0.5, 0.6) is 5.75 Å². The Morgan fingerprint density at radius 1 is 1.18 bits per heavy atom. The van der Waals surface area contributed by atoms with Gasteiger partial charge in [0.2, 0.25) is 0 Å². The number of nitrogens with zero attached hydrogens (tertiary/aromatic N) is 2. The fraction of sp³-hybridized carbons (Fsp3) is 0.412. The largest absolute Gasteiger partial charge is 0.489 e. The standard InChI is InChI=1S/C17H22N2O3/c1-5-19(6-2)17(20)14-7-9-15(10-8-14)21-11-16-12(3)18-22-13(16)4/h7-10H,5-6,11H2,1-4H3. The second-order valence-corrected chi connectivity index (χ2v) is 5.09. The van der Waals surface area contributed by atoms with Gasteiger partial charge in [0.15, 0.2) is 0 Å². The van der Waals surface area contributed by atoms with Gasteiger partial charge < -0.3 is 14.2 Å². The summed E-state index contributed by atoms with van der Waals surface area (Å²) in [5.74, 6) is 1.53. The minimum atomic E-state index is 0.0438. The zero-order valence-electron chi connectivity index (χ0n) is 13.5. The highest BCUT2D eigenvalue weighted by Gasteiger charge is 2.13. The van der Waals surface area contributed by atoms with Crippen molar-refractivity contribution in [2.45, 2.75) is 34.3 Å². The van der Waals surface area contributed by atoms with Crippen LogP contribution in [0, 0.1) is 13.8 Å². The van der Waals surface area contributed by atoms with Crippen molar-refractivity contribution in [2.24, 2.45) is 0 Å². The van der Waals surface area contributed by atoms with Crippen LogP contribution in [0.1, 0.15) is 41.2 Å². The Morgan fingerprint density at radius 2 is 1.82 bits per heavy atom. The molecule has 0 aliphatic rings. The summed E-state index contributed by atoms with van der Waals surface area (Å²) in [6, 6.07) is 7.22. The van der Waals surface area contributed by atoms with Crippen LogP contribution in [-0.2, 0) is 6.61 Å². The smallest absolute Gasteiger partial charge is 0.253 e. The van der Waals surface area contributed by atoms with Crippen molar-refractivity contribution in [3.63, 3.8) is 0 Å². The van der Waals surface area contributed by atoms with Gasteiger partial charge in [-0.3, -0.25) is 4.79 Å². The van der Waals surface area contributed by atoms with Gasteiger partial charge in [-0.1, -0.05) is 5.16 Å². The zero-order valence-corrected chi connectivity index (χ0v) is 13.5. The molecule has 0 unspecified atom stereocenters. The predicted molar refractivity (Wildman–Crippen MR) is 84.0 cm³/mol. The van der Waals surface area contributed by atoms with Gasteiger partial charge in [0.05, 0.1) is 11.3 Å². The van der Waals surface area contributed by atoms with Gasteiger partial charge in [-0.2, -0.15) is 0 Å². The Kier molecular flexibility index (Phi) is 5.20. The maximum Gasteiger partial charge on any atom is 0.253 e. The van der Waals surface area contributed by atoms with Crippen LogP contribution in [0.15, 0.2) is 28.8 Å². The number of amides is 1. The first-order chi connectivity index (χ1) is 10.6. The van der Waals surface area contributed by atoms with Crippen LogP contribution in [0.25, 0.3) is 0 Å². The molecule has 2 rings (SSSR count). The molecule has 1 amide bonds. The van der Waals surface area contributed by atoms with Gasteiger partial charge in [-0.25, -0.2) is 0 Å². The lowest BCUT2D eigenvalue weighted by Gasteiger charge is -2.18. The molecule has 1 heterocycles. The Hall–Kier alpha value is -2.30. The van der Waals surface area contributed by atoms with Crippen molar-refractivity contribution in [1.29, 1.82) is 0 Å². The number of ether oxygens (including phenoxy) is 1. The summed E-state index contributed by atoms with van der Waals surface area (Å²) in [5, 5.41) is 3.90. The molecule has 0 saturated heterocycles. The molecule has 5 nitrogen and oxygen atoms in total. The van der Waals surface area contributed by atoms with Crippen LogP contribution in [0.2, 0.25) is 0 Å². The van der Waals surface area contributed by atoms with Gasteiger partial charge in [-0.15, -0.1) is 0 Å². The third-order valence-electron chi connectivity index (χ3n) is 3.72. The maximum atomic E-state index is 12.2. The minimum Gasteiger partial charge on any atom is -0.489 e. The van der Waals surface area contributed by atoms with Crippen molar-refractivity contribution in [1.82, 2.24) is 10.1 Å². The molecule has 5 heteroatoms. The van der Waals surface area contributed by atoms with E-state index in [1.165, 1.54) is 0 Å². The van der Waals surface area contributed by atoms with Gasteiger partial charge in [0.1, 0.15) is 18.1 Å². The van der Waals surface area contributed by atoms with Crippen LogP contribution in [-0.4, -0.2) is 29.1 Å². The predicted octanol–water partition coefficient (Wildman–Crippen LogP) is 3.35. The normalized spacial score (nSPS) is 10.5. The first-order valence-corrected chi connectivity index (χ1v) is 7.50. The van der Waals surface area contributed by atoms with E-state index >= 15 is 0 Å². The van der Waals surface area contributed by atoms with Gasteiger partial charge in [-0.05, 0) is 52.0 Å². The third-order valence-corrected chi connectivity index (χ3v) is 3.72. The van der Waals surface area contributed by atoms with E-state index in [0.29, 0.717) is 25.3 Å². The Bertz CT molecular complexity index is 608. The fourth-order valence-corrected chi connectivity index (χ4v) is 2.25. The van der Waals surface area contributed by atoms with Crippen LogP contribution in [0.3, 0.4) is 0 Å². The highest BCUT2D eigenvalue weighted by molar-refractivity contribution is 5.94. The molecule has 0 aliphatic carbocycles. The number of hydrogen-bond acceptors (Lipinski definition) is 4. The van der Waals surface area contributed by atoms with E-state index in [1.807, 2.05) is 39.8 Å². The molecule has 0 saturated carbocycles. The monoisotopic (exact) mass is 302 g/mol. The van der Waals surface area contributed by atoms with Gasteiger partial charge in [0.25, 0.3) is 5.91 Å². The number of hydrogen-bond donors (Lipinski definition) is 0. The average Bonchev–Trinajstić information content (AvgIpc) is 2.85. The quantitative estimate of drug-likeness (QED) is 0.821. The molecule has 0 aliphatic heterocycles. The summed E-state index contributed by atoms with van der Waals surface area (Å²) in [6.07, 6.45) is 0. The lowest BCUT2D eigenvalue weighted by Crippen LogP contribution is -2.30. The summed E-state index contributed by atoms with van der Waals surface area (Å²) in [7, 11) is 0. The molecule has 0 radical (unpaired) electrons. The molecule has 118 valence electrons. The summed E-state index contributed by atoms with van der Waals surface area (Å²) in [6.45, 7) is 9.53. The van der Waals surface area contributed by atoms with E-state index in [-0.39, 0.29) is 5.91 Å². The van der Waals surface area contributed by atoms with Crippen molar-refractivity contribution in [3.05, 3.63) is 46.8 Å². The molecule has 0 atom stereocenters. The lowest BCUT2D eigenvalue weighted by molar-refractivity contribution is 0.0773. The molecular formula is C17H22N2O3. The molecule has 22 heavy (non-hydrogen) atoms. The van der Waals surface area contributed by atoms with Crippen molar-refractivity contribution >= 4 is 5.91 Å². The summed E-state index contributed by atoms with van der Waals surface area (Å²) >= 11 is 0. The SMILES string of the molecule is CCN(CC)C(=O)c1ccc(OCc2c(C)noc2C)cc1. The Balaban J connectivity index is 2.02. The number of aromatic nitrogens is 1. The summed E-state index contributed by atoms with van der Waals surface area (Å²) in [5.41, 5.74) is 2.47. The second-order valence-electron chi connectivity index (χ2n) is 5.09. The Labute approximate surface area is 130 Å². The zero-order chi connectivity index (χ0) is 16.1. The maximum absolute atomic E-state index is 12.2. The molecule has 1 aromatic carbocycles. The fourth-order valence-electron chi connectivity index (χ4n) is 2.25. The second kappa shape index (κ2) is 7.11. The van der Waals surface area contributed by atoms with Gasteiger partial charge in [0, 0.05) is 18.7 Å². The van der Waals surface area contributed by atoms with Crippen LogP contribution >= 0.6 is 0 Å². The average molecular weight is 302 g/mol. The van der Waals surface area contributed by atoms with Crippen molar-refractivity contribution in [2.75, 3.05) is 13.1 Å². The Morgan fingerprint density at radius 3 is 2.32 bits per heavy atom. The number of aryl methyl sites for hydroxylation is 2. The molecule has 1 aromatic heterocycles. The summed E-state index contributed by atoms with van der Waals surface area (Å²) < 4.78 is 10.8. The van der Waals surface area contributed by atoms with E-state index < -0.39 is 0 Å². The molecule has 0 bridgehead atoms. The molecule has 0 fully saturated rings. The highest BCUT2D eigenvalue weighted by Crippen LogP contribution is 2.18. The third kappa shape index (κ3) is 3.47. The number of carbonyl (C=O) groups excluding carboxylic acids is 1. The minimum absolute atomic E-state index is 0.0438. The molecule has 2 aromatic rings. The van der Waals surface area contributed by atoms with E-state index in [2.05, 4.69) is 5.16 Å². The first kappa shape index (κ1) is 16.1. The molecule has 0 N–H and O–H groups in total. The van der Waals surface area contributed by atoms with E-state index in [9.17, 15) is 4.79 Å². The van der Waals surface area contributed by atoms with Gasteiger partial charge >= 0.3 is 0 Å². The topological polar surface area (TPSA) is 55.6 Å². The van der Waals surface area contributed by atoms with E-state index in [0.717, 1.165) is 22.8 Å². The molecule has 0 spiro atoms. The highest BCUT2D eigenvalue weighted by atomic mass is 16.5. The van der Waals surface area contributed by atoms with Crippen molar-refractivity contribution < 1.29 is 14.1 Å². The number of rotatable bonds is 6. The van der Waals surface area contributed by atoms with Crippen molar-refractivity contribution in [3.8, 4) is 5.75 Å². The van der Waals surface area contributed by atoms with Crippen LogP contribution in [0.4, 0.5) is 0 Å². The summed E-state index contributed by atoms with van der Waals surface area (Å²) in [4.78, 5) is 14.0. The molecular weight excluding hydrogens is 280 g/mol. The van der Waals surface area contributed by atoms with E-state index in [1.54, 1.807) is 17.0 Å². The number of carbonyl (C=O) groups is 1. The number of benzene rings is 1.